The summed E-state index contributed by atoms with van der Waals surface area (Å²) in [5.74, 6) is 0. The van der Waals surface area contributed by atoms with Crippen LogP contribution in [0.1, 0.15) is 11.3 Å². The Morgan fingerprint density at radius 1 is 1.40 bits per heavy atom. The maximum Gasteiger partial charge on any atom is 0.102 e. The summed E-state index contributed by atoms with van der Waals surface area (Å²) < 4.78 is 1.69. The van der Waals surface area contributed by atoms with Crippen LogP contribution in [0, 0.1) is 6.92 Å². The molecule has 2 aromatic rings. The van der Waals surface area contributed by atoms with E-state index in [1.54, 1.807) is 10.9 Å². The third-order valence-electron chi connectivity index (χ3n) is 2.00. The van der Waals surface area contributed by atoms with E-state index in [1.807, 2.05) is 32.4 Å². The molecule has 78 valence electrons. The fraction of sp³-hybridized carbons (Fsp3) is 0.300. The van der Waals surface area contributed by atoms with Crippen molar-refractivity contribution in [3.05, 3.63) is 35.9 Å². The van der Waals surface area contributed by atoms with Gasteiger partial charge in [-0.25, -0.2) is 0 Å². The van der Waals surface area contributed by atoms with Gasteiger partial charge in [0.25, 0.3) is 0 Å². The van der Waals surface area contributed by atoms with Gasteiger partial charge in [-0.05, 0) is 18.6 Å². The van der Waals surface area contributed by atoms with Crippen LogP contribution < -0.4 is 5.32 Å². The summed E-state index contributed by atoms with van der Waals surface area (Å²) in [6, 6.07) is 2.05. The molecular weight excluding hydrogens is 190 g/mol. The highest BCUT2D eigenvalue weighted by atomic mass is 15.4. The Kier molecular flexibility index (Phi) is 2.62. The molecule has 0 aliphatic rings. The molecule has 0 saturated carbocycles. The van der Waals surface area contributed by atoms with Gasteiger partial charge in [-0.1, -0.05) is 5.21 Å². The van der Waals surface area contributed by atoms with Crippen LogP contribution in [-0.4, -0.2) is 20.0 Å². The van der Waals surface area contributed by atoms with Crippen molar-refractivity contribution in [2.45, 2.75) is 13.5 Å². The summed E-state index contributed by atoms with van der Waals surface area (Å²) >= 11 is 0. The van der Waals surface area contributed by atoms with Gasteiger partial charge in [0.1, 0.15) is 5.69 Å². The van der Waals surface area contributed by atoms with Crippen molar-refractivity contribution >= 4 is 5.69 Å². The highest BCUT2D eigenvalue weighted by Gasteiger charge is 1.98. The van der Waals surface area contributed by atoms with Gasteiger partial charge in [0.05, 0.1) is 12.2 Å². The smallest absolute Gasteiger partial charge is 0.102 e. The van der Waals surface area contributed by atoms with Crippen LogP contribution in [-0.2, 0) is 13.6 Å². The topological polar surface area (TPSA) is 55.6 Å². The van der Waals surface area contributed by atoms with Crippen LogP contribution in [0.25, 0.3) is 0 Å². The van der Waals surface area contributed by atoms with Gasteiger partial charge in [0.15, 0.2) is 0 Å². The highest BCUT2D eigenvalue weighted by molar-refractivity contribution is 5.42. The van der Waals surface area contributed by atoms with Crippen LogP contribution >= 0.6 is 0 Å². The molecule has 0 radical (unpaired) electrons. The lowest BCUT2D eigenvalue weighted by atomic mass is 10.3. The first-order valence-electron chi connectivity index (χ1n) is 4.75. The molecule has 0 fully saturated rings. The van der Waals surface area contributed by atoms with Gasteiger partial charge in [0, 0.05) is 25.6 Å². The maximum atomic E-state index is 4.10. The Labute approximate surface area is 88.1 Å². The van der Waals surface area contributed by atoms with Gasteiger partial charge < -0.3 is 5.32 Å². The zero-order chi connectivity index (χ0) is 10.7. The number of aromatic nitrogens is 4. The van der Waals surface area contributed by atoms with Gasteiger partial charge in [-0.15, -0.1) is 5.10 Å². The van der Waals surface area contributed by atoms with Gasteiger partial charge in [-0.2, -0.15) is 0 Å². The summed E-state index contributed by atoms with van der Waals surface area (Å²) in [7, 11) is 1.85. The predicted octanol–water partition coefficient (Wildman–Crippen LogP) is 1.13. The second-order valence-corrected chi connectivity index (χ2v) is 3.49. The molecule has 2 aromatic heterocycles. The first kappa shape index (κ1) is 9.64. The first-order valence-corrected chi connectivity index (χ1v) is 4.75. The fourth-order valence-corrected chi connectivity index (χ4v) is 1.32. The summed E-state index contributed by atoms with van der Waals surface area (Å²) in [6.45, 7) is 2.68. The number of pyridine rings is 1. The second kappa shape index (κ2) is 4.08. The van der Waals surface area contributed by atoms with Crippen LogP contribution in [0.2, 0.25) is 0 Å². The molecule has 2 heterocycles. The van der Waals surface area contributed by atoms with Crippen molar-refractivity contribution < 1.29 is 0 Å². The molecular formula is C10H13N5. The van der Waals surface area contributed by atoms with E-state index in [4.69, 9.17) is 0 Å². The van der Waals surface area contributed by atoms with Crippen LogP contribution in [0.4, 0.5) is 5.69 Å². The number of nitrogens with one attached hydrogen (secondary N) is 1. The summed E-state index contributed by atoms with van der Waals surface area (Å²) in [4.78, 5) is 4.10. The van der Waals surface area contributed by atoms with Crippen molar-refractivity contribution in [1.29, 1.82) is 0 Å². The molecule has 0 amide bonds. The van der Waals surface area contributed by atoms with Crippen LogP contribution in [0.15, 0.2) is 24.7 Å². The largest absolute Gasteiger partial charge is 0.378 e. The standard InChI is InChI=1S/C10H13N5/c1-8-3-9(5-11-4-8)12-6-10-7-15(2)14-13-10/h3-5,7,12H,6H2,1-2H3. The van der Waals surface area contributed by atoms with E-state index in [0.717, 1.165) is 16.9 Å². The molecule has 0 spiro atoms. The first-order chi connectivity index (χ1) is 7.24. The number of aryl methyl sites for hydroxylation is 2. The number of hydrogen-bond donors (Lipinski definition) is 1. The van der Waals surface area contributed by atoms with Crippen molar-refractivity contribution in [2.24, 2.45) is 7.05 Å². The third-order valence-corrected chi connectivity index (χ3v) is 2.00. The van der Waals surface area contributed by atoms with E-state index in [2.05, 4.69) is 20.6 Å². The molecule has 0 unspecified atom stereocenters. The van der Waals surface area contributed by atoms with E-state index < -0.39 is 0 Å². The molecule has 0 atom stereocenters. The Morgan fingerprint density at radius 2 is 2.27 bits per heavy atom. The van der Waals surface area contributed by atoms with Gasteiger partial charge in [0.2, 0.25) is 0 Å². The number of rotatable bonds is 3. The van der Waals surface area contributed by atoms with E-state index in [1.165, 1.54) is 0 Å². The fourth-order valence-electron chi connectivity index (χ4n) is 1.32. The van der Waals surface area contributed by atoms with Crippen molar-refractivity contribution in [3.63, 3.8) is 0 Å². The Bertz CT molecular complexity index is 449. The van der Waals surface area contributed by atoms with Gasteiger partial charge >= 0.3 is 0 Å². The summed E-state index contributed by atoms with van der Waals surface area (Å²) in [6.07, 6.45) is 5.51. The molecule has 1 N–H and O–H groups in total. The van der Waals surface area contributed by atoms with E-state index >= 15 is 0 Å². The van der Waals surface area contributed by atoms with E-state index in [9.17, 15) is 0 Å². The minimum absolute atomic E-state index is 0.666. The lowest BCUT2D eigenvalue weighted by Crippen LogP contribution is -2.00. The lowest BCUT2D eigenvalue weighted by Gasteiger charge is -2.03. The summed E-state index contributed by atoms with van der Waals surface area (Å²) in [5, 5.41) is 11.1. The highest BCUT2D eigenvalue weighted by Crippen LogP contribution is 2.08. The number of anilines is 1. The van der Waals surface area contributed by atoms with E-state index in [0.29, 0.717) is 6.54 Å². The van der Waals surface area contributed by atoms with Crippen LogP contribution in [0.5, 0.6) is 0 Å². The molecule has 0 bridgehead atoms. The molecule has 0 aliphatic carbocycles. The average molecular weight is 203 g/mol. The molecule has 15 heavy (non-hydrogen) atoms. The van der Waals surface area contributed by atoms with E-state index in [-0.39, 0.29) is 0 Å². The van der Waals surface area contributed by atoms with Crippen molar-refractivity contribution in [1.82, 2.24) is 20.0 Å². The molecule has 5 heteroatoms. The molecule has 5 nitrogen and oxygen atoms in total. The Morgan fingerprint density at radius 3 is 2.93 bits per heavy atom. The maximum absolute atomic E-state index is 4.10. The Balaban J connectivity index is 1.99. The number of nitrogens with zero attached hydrogens (tertiary/aromatic N) is 4. The van der Waals surface area contributed by atoms with Crippen molar-refractivity contribution in [2.75, 3.05) is 5.32 Å². The van der Waals surface area contributed by atoms with Gasteiger partial charge in [-0.3, -0.25) is 9.67 Å². The lowest BCUT2D eigenvalue weighted by molar-refractivity contribution is 0.713. The minimum Gasteiger partial charge on any atom is -0.378 e. The monoisotopic (exact) mass is 203 g/mol. The predicted molar refractivity (Wildman–Crippen MR) is 57.3 cm³/mol. The molecule has 0 aliphatic heterocycles. The average Bonchev–Trinajstić information content (AvgIpc) is 2.62. The molecule has 2 rings (SSSR count). The SMILES string of the molecule is Cc1cncc(NCc2cn(C)nn2)c1. The second-order valence-electron chi connectivity index (χ2n) is 3.49. The summed E-state index contributed by atoms with van der Waals surface area (Å²) in [5.41, 5.74) is 3.05. The zero-order valence-corrected chi connectivity index (χ0v) is 8.81. The van der Waals surface area contributed by atoms with Crippen molar-refractivity contribution in [3.8, 4) is 0 Å². The quantitative estimate of drug-likeness (QED) is 0.812. The Hall–Kier alpha value is -1.91. The molecule has 0 aromatic carbocycles. The minimum atomic E-state index is 0.666. The van der Waals surface area contributed by atoms with Crippen LogP contribution in [0.3, 0.4) is 0 Å². The zero-order valence-electron chi connectivity index (χ0n) is 8.81. The normalized spacial score (nSPS) is 10.3. The third kappa shape index (κ3) is 2.52. The molecule has 0 saturated heterocycles. The number of hydrogen-bond acceptors (Lipinski definition) is 4.